The molecule has 18 heavy (non-hydrogen) atoms. The highest BCUT2D eigenvalue weighted by Crippen LogP contribution is 2.07. The molecule has 0 aliphatic carbocycles. The van der Waals surface area contributed by atoms with Crippen LogP contribution in [0.1, 0.15) is 31.2 Å². The second-order valence-electron chi connectivity index (χ2n) is 3.86. The topological polar surface area (TPSA) is 70.3 Å². The molecule has 0 amide bonds. The smallest absolute Gasteiger partial charge is 0.317 e. The summed E-state index contributed by atoms with van der Waals surface area (Å²) in [5.41, 5.74) is 6.82. The summed E-state index contributed by atoms with van der Waals surface area (Å²) in [6.07, 6.45) is 2.19. The van der Waals surface area contributed by atoms with Crippen LogP contribution in [0.2, 0.25) is 0 Å². The highest BCUT2D eigenvalue weighted by atomic mass is 32.1. The van der Waals surface area contributed by atoms with Crippen molar-refractivity contribution in [2.24, 2.45) is 5.73 Å². The summed E-state index contributed by atoms with van der Waals surface area (Å²) in [6.45, 7) is 5.67. The van der Waals surface area contributed by atoms with Crippen LogP contribution < -0.4 is 10.5 Å². The van der Waals surface area contributed by atoms with Crippen LogP contribution in [0, 0.1) is 6.92 Å². The molecule has 0 atom stereocenters. The summed E-state index contributed by atoms with van der Waals surface area (Å²) in [7, 11) is 0. The fraction of sp³-hybridized carbons (Fsp3) is 0.583. The molecule has 1 aromatic heterocycles. The number of hydrogen-bond donors (Lipinski definition) is 1. The van der Waals surface area contributed by atoms with Crippen LogP contribution in [0.4, 0.5) is 0 Å². The zero-order valence-corrected chi connectivity index (χ0v) is 11.6. The predicted octanol–water partition coefficient (Wildman–Crippen LogP) is 1.61. The average molecular weight is 269 g/mol. The third-order valence-corrected chi connectivity index (χ3v) is 2.40. The number of unbranched alkanes of at least 4 members (excludes halogenated alkanes) is 1. The van der Waals surface area contributed by atoms with Crippen molar-refractivity contribution < 1.29 is 9.47 Å². The Kier molecular flexibility index (Phi) is 6.53. The second kappa shape index (κ2) is 7.94. The second-order valence-corrected chi connectivity index (χ2v) is 4.30. The van der Waals surface area contributed by atoms with E-state index in [1.165, 1.54) is 0 Å². The molecule has 0 unspecified atom stereocenters. The lowest BCUT2D eigenvalue weighted by Gasteiger charge is -2.07. The maximum absolute atomic E-state index is 5.52. The molecule has 0 aliphatic heterocycles. The average Bonchev–Trinajstić information content (AvgIpc) is 2.33. The minimum absolute atomic E-state index is 0.240. The van der Waals surface area contributed by atoms with Crippen LogP contribution in [-0.2, 0) is 4.74 Å². The normalized spacial score (nSPS) is 10.3. The summed E-state index contributed by atoms with van der Waals surface area (Å²) in [5.74, 6) is 0. The van der Waals surface area contributed by atoms with E-state index < -0.39 is 0 Å². The van der Waals surface area contributed by atoms with E-state index in [0.717, 1.165) is 25.1 Å². The van der Waals surface area contributed by atoms with Crippen molar-refractivity contribution in [1.82, 2.24) is 9.97 Å². The maximum atomic E-state index is 5.52. The van der Waals surface area contributed by atoms with Crippen LogP contribution in [-0.4, -0.2) is 34.8 Å². The number of nitrogens with zero attached hydrogens (tertiary/aromatic N) is 2. The number of aromatic nitrogens is 2. The predicted molar refractivity (Wildman–Crippen MR) is 73.9 cm³/mol. The Labute approximate surface area is 113 Å². The van der Waals surface area contributed by atoms with Gasteiger partial charge in [0.15, 0.2) is 0 Å². The zero-order valence-electron chi connectivity index (χ0n) is 10.8. The minimum Gasteiger partial charge on any atom is -0.461 e. The molecule has 0 spiro atoms. The van der Waals surface area contributed by atoms with Crippen molar-refractivity contribution in [3.05, 3.63) is 17.5 Å². The zero-order chi connectivity index (χ0) is 13.4. The monoisotopic (exact) mass is 269 g/mol. The van der Waals surface area contributed by atoms with Crippen molar-refractivity contribution in [2.45, 2.75) is 26.7 Å². The van der Waals surface area contributed by atoms with Gasteiger partial charge in [-0.2, -0.15) is 4.98 Å². The molecular formula is C12H19N3O2S. The lowest BCUT2D eigenvalue weighted by Crippen LogP contribution is -2.15. The Morgan fingerprint density at radius 3 is 2.78 bits per heavy atom. The maximum Gasteiger partial charge on any atom is 0.317 e. The van der Waals surface area contributed by atoms with Gasteiger partial charge in [-0.3, -0.25) is 0 Å². The first kappa shape index (κ1) is 14.8. The number of hydrogen-bond acceptors (Lipinski definition) is 5. The third-order valence-electron chi connectivity index (χ3n) is 2.19. The standard InChI is InChI=1S/C12H19N3O2S/c1-3-4-5-16-6-7-17-12-14-9(2)8-10(15-12)11(13)18/h8H,3-7H2,1-2H3,(H2,13,18). The Morgan fingerprint density at radius 1 is 1.33 bits per heavy atom. The van der Waals surface area contributed by atoms with E-state index in [4.69, 9.17) is 27.4 Å². The number of nitrogens with two attached hydrogens (primary N) is 1. The summed E-state index contributed by atoms with van der Waals surface area (Å²) >= 11 is 4.87. The molecule has 5 nitrogen and oxygen atoms in total. The van der Waals surface area contributed by atoms with Crippen molar-refractivity contribution in [3.63, 3.8) is 0 Å². The summed E-state index contributed by atoms with van der Waals surface area (Å²) in [5, 5.41) is 0. The first-order valence-electron chi connectivity index (χ1n) is 5.99. The largest absolute Gasteiger partial charge is 0.461 e. The molecule has 0 aromatic carbocycles. The molecule has 6 heteroatoms. The molecule has 0 saturated carbocycles. The Morgan fingerprint density at radius 2 is 2.11 bits per heavy atom. The molecule has 1 aromatic rings. The molecule has 0 aliphatic rings. The SMILES string of the molecule is CCCCOCCOc1nc(C)cc(C(N)=S)n1. The number of rotatable bonds is 8. The van der Waals surface area contributed by atoms with Gasteiger partial charge >= 0.3 is 6.01 Å². The first-order valence-corrected chi connectivity index (χ1v) is 6.40. The summed E-state index contributed by atoms with van der Waals surface area (Å²) in [6, 6.07) is 2.02. The van der Waals surface area contributed by atoms with Crippen LogP contribution in [0.3, 0.4) is 0 Å². The van der Waals surface area contributed by atoms with Gasteiger partial charge in [0.05, 0.1) is 6.61 Å². The fourth-order valence-corrected chi connectivity index (χ4v) is 1.38. The van der Waals surface area contributed by atoms with Crippen molar-refractivity contribution in [3.8, 4) is 6.01 Å². The van der Waals surface area contributed by atoms with Gasteiger partial charge in [-0.15, -0.1) is 0 Å². The number of thiocarbonyl (C=S) groups is 1. The molecule has 1 heterocycles. The van der Waals surface area contributed by atoms with E-state index in [-0.39, 0.29) is 11.0 Å². The Hall–Kier alpha value is -1.27. The van der Waals surface area contributed by atoms with Crippen LogP contribution >= 0.6 is 12.2 Å². The van der Waals surface area contributed by atoms with Crippen LogP contribution in [0.15, 0.2) is 6.07 Å². The highest BCUT2D eigenvalue weighted by molar-refractivity contribution is 7.80. The minimum atomic E-state index is 0.240. The Balaban J connectivity index is 2.40. The molecule has 1 rings (SSSR count). The van der Waals surface area contributed by atoms with Gasteiger partial charge in [-0.25, -0.2) is 4.98 Å². The van der Waals surface area contributed by atoms with Gasteiger partial charge in [0, 0.05) is 12.3 Å². The van der Waals surface area contributed by atoms with E-state index in [1.54, 1.807) is 6.07 Å². The van der Waals surface area contributed by atoms with Crippen molar-refractivity contribution >= 4 is 17.2 Å². The first-order chi connectivity index (χ1) is 8.63. The van der Waals surface area contributed by atoms with Gasteiger partial charge in [-0.05, 0) is 19.4 Å². The molecule has 0 fully saturated rings. The molecule has 2 N–H and O–H groups in total. The lowest BCUT2D eigenvalue weighted by atomic mass is 10.3. The van der Waals surface area contributed by atoms with E-state index >= 15 is 0 Å². The van der Waals surface area contributed by atoms with E-state index in [1.807, 2.05) is 6.92 Å². The van der Waals surface area contributed by atoms with Crippen molar-refractivity contribution in [1.29, 1.82) is 0 Å². The summed E-state index contributed by atoms with van der Waals surface area (Å²) in [4.78, 5) is 8.50. The highest BCUT2D eigenvalue weighted by Gasteiger charge is 2.05. The molecule has 0 saturated heterocycles. The van der Waals surface area contributed by atoms with Gasteiger partial charge in [0.25, 0.3) is 0 Å². The number of ether oxygens (including phenoxy) is 2. The van der Waals surface area contributed by atoms with Crippen LogP contribution in [0.25, 0.3) is 0 Å². The Bertz CT molecular complexity index is 399. The molecular weight excluding hydrogens is 250 g/mol. The van der Waals surface area contributed by atoms with Gasteiger partial charge in [0.2, 0.25) is 0 Å². The quantitative estimate of drug-likeness (QED) is 0.571. The van der Waals surface area contributed by atoms with Crippen LogP contribution in [0.5, 0.6) is 6.01 Å². The van der Waals surface area contributed by atoms with E-state index in [9.17, 15) is 0 Å². The summed E-state index contributed by atoms with van der Waals surface area (Å²) < 4.78 is 10.8. The van der Waals surface area contributed by atoms with Gasteiger partial charge < -0.3 is 15.2 Å². The van der Waals surface area contributed by atoms with E-state index in [0.29, 0.717) is 18.9 Å². The van der Waals surface area contributed by atoms with Crippen molar-refractivity contribution in [2.75, 3.05) is 19.8 Å². The number of aryl methyl sites for hydroxylation is 1. The molecule has 100 valence electrons. The van der Waals surface area contributed by atoms with Gasteiger partial charge in [-0.1, -0.05) is 25.6 Å². The fourth-order valence-electron chi connectivity index (χ4n) is 1.27. The lowest BCUT2D eigenvalue weighted by molar-refractivity contribution is 0.0947. The van der Waals surface area contributed by atoms with Gasteiger partial charge in [0.1, 0.15) is 17.3 Å². The molecule has 0 radical (unpaired) electrons. The van der Waals surface area contributed by atoms with E-state index in [2.05, 4.69) is 16.9 Å². The molecule has 0 bridgehead atoms. The third kappa shape index (κ3) is 5.37.